The second kappa shape index (κ2) is 6.71. The summed E-state index contributed by atoms with van der Waals surface area (Å²) in [6.07, 6.45) is 2.36. The molecule has 2 aromatic rings. The number of rotatable bonds is 6. The monoisotopic (exact) mass is 314 g/mol. The van der Waals surface area contributed by atoms with Crippen molar-refractivity contribution in [2.75, 3.05) is 20.5 Å². The Morgan fingerprint density at radius 2 is 2.15 bits per heavy atom. The maximum Gasteiger partial charge on any atom is 0.263 e. The second-order valence-corrected chi connectivity index (χ2v) is 6.09. The summed E-state index contributed by atoms with van der Waals surface area (Å²) in [6, 6.07) is 1.94. The minimum absolute atomic E-state index is 0.0330. The van der Waals surface area contributed by atoms with Gasteiger partial charge in [0.05, 0.1) is 11.9 Å². The molecule has 20 heavy (non-hydrogen) atoms. The van der Waals surface area contributed by atoms with Crippen LogP contribution in [-0.2, 0) is 22.4 Å². The van der Waals surface area contributed by atoms with Crippen LogP contribution in [0, 0.1) is 0 Å². The number of fused-ring (bicyclic) bond motifs is 1. The molecule has 2 rings (SSSR count). The standard InChI is InChI=1S/C13H18N2O3S2/c1-5-8-6-9-11(20-8)14-13(19-4)15(12(9)16)7-10(17-2)18-3/h6,10H,5,7H2,1-4H3. The molecule has 0 aliphatic rings. The molecule has 0 saturated heterocycles. The third-order valence-electron chi connectivity index (χ3n) is 3.06. The lowest BCUT2D eigenvalue weighted by atomic mass is 10.3. The van der Waals surface area contributed by atoms with Gasteiger partial charge in [-0.1, -0.05) is 18.7 Å². The van der Waals surface area contributed by atoms with Crippen LogP contribution in [-0.4, -0.2) is 36.3 Å². The Labute approximate surface area is 125 Å². The Morgan fingerprint density at radius 3 is 2.70 bits per heavy atom. The van der Waals surface area contributed by atoms with Crippen LogP contribution < -0.4 is 5.56 Å². The molecule has 0 bridgehead atoms. The van der Waals surface area contributed by atoms with Gasteiger partial charge in [0.25, 0.3) is 5.56 Å². The lowest BCUT2D eigenvalue weighted by molar-refractivity contribution is -0.112. The SMILES string of the molecule is CCc1cc2c(=O)n(CC(OC)OC)c(SC)nc2s1. The van der Waals surface area contributed by atoms with Gasteiger partial charge < -0.3 is 9.47 Å². The lowest BCUT2D eigenvalue weighted by Crippen LogP contribution is -2.30. The highest BCUT2D eigenvalue weighted by Crippen LogP contribution is 2.24. The van der Waals surface area contributed by atoms with Crippen LogP contribution in [0.1, 0.15) is 11.8 Å². The predicted octanol–water partition coefficient (Wildman–Crippen LogP) is 2.36. The molecule has 0 unspecified atom stereocenters. The highest BCUT2D eigenvalue weighted by atomic mass is 32.2. The van der Waals surface area contributed by atoms with E-state index in [9.17, 15) is 4.79 Å². The fourth-order valence-corrected chi connectivity index (χ4v) is 3.51. The Bertz CT molecular complexity index is 647. The van der Waals surface area contributed by atoms with Crippen molar-refractivity contribution in [2.24, 2.45) is 0 Å². The summed E-state index contributed by atoms with van der Waals surface area (Å²) >= 11 is 3.03. The molecule has 0 spiro atoms. The van der Waals surface area contributed by atoms with E-state index in [-0.39, 0.29) is 5.56 Å². The maximum atomic E-state index is 12.6. The van der Waals surface area contributed by atoms with Crippen molar-refractivity contribution < 1.29 is 9.47 Å². The van der Waals surface area contributed by atoms with Crippen LogP contribution >= 0.6 is 23.1 Å². The van der Waals surface area contributed by atoms with E-state index < -0.39 is 6.29 Å². The summed E-state index contributed by atoms with van der Waals surface area (Å²) in [5, 5.41) is 1.36. The number of thiophene rings is 1. The number of ether oxygens (including phenoxy) is 2. The summed E-state index contributed by atoms with van der Waals surface area (Å²) < 4.78 is 12.0. The van der Waals surface area contributed by atoms with Gasteiger partial charge in [-0.25, -0.2) is 4.98 Å². The zero-order chi connectivity index (χ0) is 14.7. The number of aryl methyl sites for hydroxylation is 1. The van der Waals surface area contributed by atoms with Crippen molar-refractivity contribution in [3.8, 4) is 0 Å². The first kappa shape index (κ1) is 15.5. The first-order valence-corrected chi connectivity index (χ1v) is 8.31. The van der Waals surface area contributed by atoms with Crippen molar-refractivity contribution in [3.63, 3.8) is 0 Å². The maximum absolute atomic E-state index is 12.6. The van der Waals surface area contributed by atoms with Crippen LogP contribution in [0.25, 0.3) is 10.2 Å². The summed E-state index contributed by atoms with van der Waals surface area (Å²) in [6.45, 7) is 2.41. The van der Waals surface area contributed by atoms with Gasteiger partial charge in [0.1, 0.15) is 4.83 Å². The quantitative estimate of drug-likeness (QED) is 0.465. The number of hydrogen-bond donors (Lipinski definition) is 0. The van der Waals surface area contributed by atoms with Gasteiger partial charge in [0, 0.05) is 19.1 Å². The molecule has 0 aromatic carbocycles. The van der Waals surface area contributed by atoms with Gasteiger partial charge in [0.2, 0.25) is 0 Å². The van der Waals surface area contributed by atoms with Gasteiger partial charge in [-0.2, -0.15) is 0 Å². The molecular formula is C13H18N2O3S2. The summed E-state index contributed by atoms with van der Waals surface area (Å²) in [7, 11) is 3.12. The van der Waals surface area contributed by atoms with E-state index in [2.05, 4.69) is 11.9 Å². The van der Waals surface area contributed by atoms with Gasteiger partial charge in [-0.05, 0) is 18.7 Å². The van der Waals surface area contributed by atoms with Crippen LogP contribution in [0.4, 0.5) is 0 Å². The molecule has 0 aliphatic heterocycles. The van der Waals surface area contributed by atoms with E-state index in [0.717, 1.165) is 11.3 Å². The fraction of sp³-hybridized carbons (Fsp3) is 0.538. The Balaban J connectivity index is 2.56. The van der Waals surface area contributed by atoms with Crippen LogP contribution in [0.2, 0.25) is 0 Å². The largest absolute Gasteiger partial charge is 0.354 e. The fourth-order valence-electron chi connectivity index (χ4n) is 1.93. The minimum Gasteiger partial charge on any atom is -0.354 e. The molecule has 0 amide bonds. The minimum atomic E-state index is -0.456. The molecule has 0 saturated carbocycles. The van der Waals surface area contributed by atoms with Crippen LogP contribution in [0.15, 0.2) is 16.0 Å². The molecule has 0 fully saturated rings. The topological polar surface area (TPSA) is 53.4 Å². The average molecular weight is 314 g/mol. The molecule has 0 N–H and O–H groups in total. The van der Waals surface area contributed by atoms with E-state index in [1.165, 1.54) is 16.6 Å². The molecule has 0 atom stereocenters. The van der Waals surface area contributed by atoms with Gasteiger partial charge in [-0.15, -0.1) is 11.3 Å². The molecular weight excluding hydrogens is 296 g/mol. The summed E-state index contributed by atoms with van der Waals surface area (Å²) in [5.41, 5.74) is -0.0330. The molecule has 0 radical (unpaired) electrons. The first-order chi connectivity index (χ1) is 9.64. The van der Waals surface area contributed by atoms with E-state index in [0.29, 0.717) is 17.1 Å². The van der Waals surface area contributed by atoms with Gasteiger partial charge in [0.15, 0.2) is 11.4 Å². The molecule has 110 valence electrons. The number of methoxy groups -OCH3 is 2. The normalized spacial score (nSPS) is 11.7. The Hall–Kier alpha value is -0.890. The highest BCUT2D eigenvalue weighted by molar-refractivity contribution is 7.98. The smallest absolute Gasteiger partial charge is 0.263 e. The van der Waals surface area contributed by atoms with Crippen LogP contribution in [0.5, 0.6) is 0 Å². The van der Waals surface area contributed by atoms with Crippen molar-refractivity contribution in [1.29, 1.82) is 0 Å². The van der Waals surface area contributed by atoms with Crippen molar-refractivity contribution >= 4 is 33.3 Å². The molecule has 2 heterocycles. The summed E-state index contributed by atoms with van der Waals surface area (Å²) in [5.74, 6) is 0. The third-order valence-corrected chi connectivity index (χ3v) is 4.91. The Morgan fingerprint density at radius 1 is 1.45 bits per heavy atom. The van der Waals surface area contributed by atoms with Crippen molar-refractivity contribution in [1.82, 2.24) is 9.55 Å². The third kappa shape index (κ3) is 2.90. The number of aromatic nitrogens is 2. The van der Waals surface area contributed by atoms with E-state index >= 15 is 0 Å². The number of thioether (sulfide) groups is 1. The highest BCUT2D eigenvalue weighted by Gasteiger charge is 2.16. The average Bonchev–Trinajstić information content (AvgIpc) is 2.89. The van der Waals surface area contributed by atoms with Crippen molar-refractivity contribution in [3.05, 3.63) is 21.3 Å². The van der Waals surface area contributed by atoms with E-state index in [1.54, 1.807) is 30.1 Å². The van der Waals surface area contributed by atoms with E-state index in [1.807, 2.05) is 12.3 Å². The Kier molecular flexibility index (Phi) is 5.20. The zero-order valence-corrected chi connectivity index (χ0v) is 13.6. The zero-order valence-electron chi connectivity index (χ0n) is 12.0. The molecule has 7 heteroatoms. The number of nitrogens with zero attached hydrogens (tertiary/aromatic N) is 2. The number of hydrogen-bond acceptors (Lipinski definition) is 6. The predicted molar refractivity (Wildman–Crippen MR) is 82.8 cm³/mol. The van der Waals surface area contributed by atoms with E-state index in [4.69, 9.17) is 9.47 Å². The lowest BCUT2D eigenvalue weighted by Gasteiger charge is -2.16. The van der Waals surface area contributed by atoms with Crippen LogP contribution in [0.3, 0.4) is 0 Å². The van der Waals surface area contributed by atoms with Crippen molar-refractivity contribution in [2.45, 2.75) is 31.3 Å². The van der Waals surface area contributed by atoms with Gasteiger partial charge in [-0.3, -0.25) is 9.36 Å². The molecule has 5 nitrogen and oxygen atoms in total. The first-order valence-electron chi connectivity index (χ1n) is 6.27. The summed E-state index contributed by atoms with van der Waals surface area (Å²) in [4.78, 5) is 19.2. The molecule has 0 aliphatic carbocycles. The second-order valence-electron chi connectivity index (χ2n) is 4.20. The molecule has 2 aromatic heterocycles. The van der Waals surface area contributed by atoms with Gasteiger partial charge >= 0.3 is 0 Å².